The standard InChI is InChI=1S/C40H25N3/c41-26-27-21-22-42-37(23-27)30-17-15-28(16-18-30)31-19-20-35-38(24-31)43(32-11-5-2-6-12-32)39-25-36(29-9-3-1-4-10-29)33-13-7-8-14-34(33)40(35)39/h1-25H. The third-order valence-corrected chi connectivity index (χ3v) is 8.27. The third kappa shape index (κ3) is 4.17. The van der Waals surface area contributed by atoms with E-state index in [0.717, 1.165) is 28.1 Å². The Labute approximate surface area is 249 Å². The summed E-state index contributed by atoms with van der Waals surface area (Å²) in [4.78, 5) is 4.47. The van der Waals surface area contributed by atoms with Crippen LogP contribution in [0.3, 0.4) is 0 Å². The molecule has 8 rings (SSSR count). The molecule has 0 atom stereocenters. The number of hydrogen-bond acceptors (Lipinski definition) is 2. The number of nitriles is 1. The van der Waals surface area contributed by atoms with E-state index in [1.807, 2.05) is 6.07 Å². The molecule has 200 valence electrons. The average molecular weight is 548 g/mol. The van der Waals surface area contributed by atoms with Crippen LogP contribution >= 0.6 is 0 Å². The van der Waals surface area contributed by atoms with Gasteiger partial charge < -0.3 is 4.57 Å². The molecule has 0 saturated heterocycles. The maximum Gasteiger partial charge on any atom is 0.0992 e. The van der Waals surface area contributed by atoms with E-state index in [1.54, 1.807) is 12.3 Å². The maximum atomic E-state index is 9.30. The molecule has 3 nitrogen and oxygen atoms in total. The second-order valence-corrected chi connectivity index (χ2v) is 10.8. The van der Waals surface area contributed by atoms with Gasteiger partial charge in [-0.3, -0.25) is 4.98 Å². The number of fused-ring (bicyclic) bond motifs is 5. The molecule has 0 aliphatic carbocycles. The molecule has 0 radical (unpaired) electrons. The molecule has 0 bridgehead atoms. The Kier molecular flexibility index (Phi) is 5.84. The Morgan fingerprint density at radius 3 is 1.95 bits per heavy atom. The molecule has 0 saturated carbocycles. The quantitative estimate of drug-likeness (QED) is 0.220. The summed E-state index contributed by atoms with van der Waals surface area (Å²) >= 11 is 0. The largest absolute Gasteiger partial charge is 0.309 e. The lowest BCUT2D eigenvalue weighted by Gasteiger charge is -2.12. The molecule has 2 heterocycles. The molecule has 2 aromatic heterocycles. The topological polar surface area (TPSA) is 41.6 Å². The van der Waals surface area contributed by atoms with E-state index < -0.39 is 0 Å². The fourth-order valence-corrected chi connectivity index (χ4v) is 6.26. The molecule has 3 heteroatoms. The van der Waals surface area contributed by atoms with E-state index in [-0.39, 0.29) is 0 Å². The molecule has 8 aromatic rings. The van der Waals surface area contributed by atoms with Crippen molar-refractivity contribution in [3.05, 3.63) is 157 Å². The SMILES string of the molecule is N#Cc1ccnc(-c2ccc(-c3ccc4c5c6ccccc6c(-c6ccccc6)cc5n(-c5ccccc5)c4c3)cc2)c1. The molecule has 0 N–H and O–H groups in total. The van der Waals surface area contributed by atoms with Crippen molar-refractivity contribution in [3.8, 4) is 45.3 Å². The Bertz CT molecular complexity index is 2330. The average Bonchev–Trinajstić information content (AvgIpc) is 3.42. The van der Waals surface area contributed by atoms with Crippen LogP contribution in [0.5, 0.6) is 0 Å². The van der Waals surface area contributed by atoms with Crippen LogP contribution in [-0.4, -0.2) is 9.55 Å². The van der Waals surface area contributed by atoms with Crippen molar-refractivity contribution in [1.82, 2.24) is 9.55 Å². The summed E-state index contributed by atoms with van der Waals surface area (Å²) in [6.07, 6.45) is 1.69. The number of rotatable bonds is 4. The first-order valence-electron chi connectivity index (χ1n) is 14.4. The lowest BCUT2D eigenvalue weighted by molar-refractivity contribution is 1.18. The van der Waals surface area contributed by atoms with E-state index >= 15 is 0 Å². The van der Waals surface area contributed by atoms with Gasteiger partial charge in [-0.1, -0.05) is 109 Å². The third-order valence-electron chi connectivity index (χ3n) is 8.27. The van der Waals surface area contributed by atoms with Crippen molar-refractivity contribution in [1.29, 1.82) is 5.26 Å². The van der Waals surface area contributed by atoms with Gasteiger partial charge in [0.1, 0.15) is 0 Å². The van der Waals surface area contributed by atoms with Gasteiger partial charge in [-0.05, 0) is 69.4 Å². The first-order chi connectivity index (χ1) is 21.3. The van der Waals surface area contributed by atoms with Gasteiger partial charge in [0.2, 0.25) is 0 Å². The Hall–Kier alpha value is -5.98. The minimum atomic E-state index is 0.608. The van der Waals surface area contributed by atoms with Gasteiger partial charge in [0.25, 0.3) is 0 Å². The summed E-state index contributed by atoms with van der Waals surface area (Å²) in [5.41, 5.74) is 10.6. The van der Waals surface area contributed by atoms with Crippen LogP contribution in [0.2, 0.25) is 0 Å². The first kappa shape index (κ1) is 24.8. The Balaban J connectivity index is 1.37. The predicted molar refractivity (Wildman–Crippen MR) is 177 cm³/mol. The van der Waals surface area contributed by atoms with Crippen LogP contribution in [0.1, 0.15) is 5.56 Å². The predicted octanol–water partition coefficient (Wildman–Crippen LogP) is 10.2. The summed E-state index contributed by atoms with van der Waals surface area (Å²) in [6, 6.07) is 53.4. The van der Waals surface area contributed by atoms with E-state index in [4.69, 9.17) is 0 Å². The van der Waals surface area contributed by atoms with Crippen LogP contribution in [0.15, 0.2) is 152 Å². The molecule has 0 spiro atoms. The molecule has 0 fully saturated rings. The first-order valence-corrected chi connectivity index (χ1v) is 14.4. The number of pyridine rings is 1. The highest BCUT2D eigenvalue weighted by atomic mass is 15.0. The van der Waals surface area contributed by atoms with Gasteiger partial charge in [-0.15, -0.1) is 0 Å². The van der Waals surface area contributed by atoms with Crippen molar-refractivity contribution in [2.45, 2.75) is 0 Å². The lowest BCUT2D eigenvalue weighted by atomic mass is 9.94. The highest BCUT2D eigenvalue weighted by molar-refractivity contribution is 6.24. The van der Waals surface area contributed by atoms with Gasteiger partial charge in [-0.25, -0.2) is 0 Å². The second-order valence-electron chi connectivity index (χ2n) is 10.8. The molecule has 0 aliphatic rings. The van der Waals surface area contributed by atoms with Gasteiger partial charge in [0, 0.05) is 28.2 Å². The van der Waals surface area contributed by atoms with Crippen LogP contribution in [0.25, 0.3) is 71.8 Å². The minimum Gasteiger partial charge on any atom is -0.309 e. The summed E-state index contributed by atoms with van der Waals surface area (Å²) in [6.45, 7) is 0. The number of nitrogens with zero attached hydrogens (tertiary/aromatic N) is 3. The Morgan fingerprint density at radius 2 is 1.19 bits per heavy atom. The van der Waals surface area contributed by atoms with E-state index in [0.29, 0.717) is 5.56 Å². The summed E-state index contributed by atoms with van der Waals surface area (Å²) in [5, 5.41) is 14.3. The molecule has 0 aliphatic heterocycles. The minimum absolute atomic E-state index is 0.608. The molecule has 0 amide bonds. The molecule has 0 unspecified atom stereocenters. The fourth-order valence-electron chi connectivity index (χ4n) is 6.26. The normalized spacial score (nSPS) is 11.2. The van der Waals surface area contributed by atoms with Crippen molar-refractivity contribution < 1.29 is 0 Å². The molecule has 43 heavy (non-hydrogen) atoms. The number of benzene rings is 6. The highest BCUT2D eigenvalue weighted by Crippen LogP contribution is 2.42. The van der Waals surface area contributed by atoms with Gasteiger partial charge in [0.05, 0.1) is 28.4 Å². The Morgan fingerprint density at radius 1 is 0.512 bits per heavy atom. The number of hydrogen-bond donors (Lipinski definition) is 0. The van der Waals surface area contributed by atoms with Gasteiger partial charge in [-0.2, -0.15) is 5.26 Å². The second kappa shape index (κ2) is 10.1. The van der Waals surface area contributed by atoms with E-state index in [2.05, 4.69) is 149 Å². The lowest BCUT2D eigenvalue weighted by Crippen LogP contribution is -1.94. The van der Waals surface area contributed by atoms with Crippen LogP contribution in [0, 0.1) is 11.3 Å². The van der Waals surface area contributed by atoms with Crippen molar-refractivity contribution in [3.63, 3.8) is 0 Å². The summed E-state index contributed by atoms with van der Waals surface area (Å²) in [5.74, 6) is 0. The van der Waals surface area contributed by atoms with Crippen molar-refractivity contribution in [2.24, 2.45) is 0 Å². The zero-order chi connectivity index (χ0) is 28.8. The number of aromatic nitrogens is 2. The van der Waals surface area contributed by atoms with Crippen LogP contribution in [0.4, 0.5) is 0 Å². The summed E-state index contributed by atoms with van der Waals surface area (Å²) in [7, 11) is 0. The number of para-hydroxylation sites is 1. The maximum absolute atomic E-state index is 9.30. The van der Waals surface area contributed by atoms with Crippen LogP contribution < -0.4 is 0 Å². The van der Waals surface area contributed by atoms with Crippen LogP contribution in [-0.2, 0) is 0 Å². The highest BCUT2D eigenvalue weighted by Gasteiger charge is 2.18. The van der Waals surface area contributed by atoms with E-state index in [1.165, 1.54) is 43.7 Å². The van der Waals surface area contributed by atoms with Gasteiger partial charge >= 0.3 is 0 Å². The smallest absolute Gasteiger partial charge is 0.0992 e. The fraction of sp³-hybridized carbons (Fsp3) is 0. The van der Waals surface area contributed by atoms with E-state index in [9.17, 15) is 5.26 Å². The summed E-state index contributed by atoms with van der Waals surface area (Å²) < 4.78 is 2.40. The monoisotopic (exact) mass is 547 g/mol. The molecular weight excluding hydrogens is 522 g/mol. The van der Waals surface area contributed by atoms with Gasteiger partial charge in [0.15, 0.2) is 0 Å². The molecular formula is C40H25N3. The zero-order valence-electron chi connectivity index (χ0n) is 23.3. The van der Waals surface area contributed by atoms with Crippen molar-refractivity contribution in [2.75, 3.05) is 0 Å². The van der Waals surface area contributed by atoms with Crippen molar-refractivity contribution >= 4 is 32.6 Å². The molecule has 6 aromatic carbocycles. The zero-order valence-corrected chi connectivity index (χ0v) is 23.3.